The van der Waals surface area contributed by atoms with Crippen LogP contribution in [0.5, 0.6) is 23.0 Å². The van der Waals surface area contributed by atoms with E-state index in [-0.39, 0.29) is 4.90 Å². The molecular formula is C25H27NO6S. The second-order valence-corrected chi connectivity index (χ2v) is 8.85. The third-order valence-corrected chi connectivity index (χ3v) is 6.34. The fraction of sp³-hybridized carbons (Fsp3) is 0.200. The first-order valence-electron chi connectivity index (χ1n) is 10.1. The molecule has 0 unspecified atom stereocenters. The van der Waals surface area contributed by atoms with Crippen LogP contribution < -0.4 is 23.7 Å². The summed E-state index contributed by atoms with van der Waals surface area (Å²) in [6.45, 7) is 1.90. The van der Waals surface area contributed by atoms with Gasteiger partial charge in [0, 0.05) is 0 Å². The van der Waals surface area contributed by atoms with Crippen molar-refractivity contribution in [3.63, 3.8) is 0 Å². The molecule has 0 atom stereocenters. The van der Waals surface area contributed by atoms with E-state index in [2.05, 4.69) is 4.72 Å². The minimum atomic E-state index is -3.77. The predicted octanol–water partition coefficient (Wildman–Crippen LogP) is 5.00. The van der Waals surface area contributed by atoms with Crippen LogP contribution in [0.15, 0.2) is 59.5 Å². The van der Waals surface area contributed by atoms with E-state index in [0.717, 1.165) is 16.7 Å². The number of nitrogens with one attached hydrogen (secondary N) is 1. The Hall–Kier alpha value is -3.65. The summed E-state index contributed by atoms with van der Waals surface area (Å²) in [5.41, 5.74) is 2.91. The molecule has 0 saturated heterocycles. The molecule has 0 bridgehead atoms. The van der Waals surface area contributed by atoms with E-state index in [4.69, 9.17) is 18.9 Å². The van der Waals surface area contributed by atoms with Crippen LogP contribution in [0.25, 0.3) is 12.2 Å². The van der Waals surface area contributed by atoms with E-state index in [1.807, 2.05) is 37.3 Å². The maximum Gasteiger partial charge on any atom is 0.262 e. The third kappa shape index (κ3) is 5.59. The molecule has 3 aromatic carbocycles. The molecule has 7 nitrogen and oxygen atoms in total. The van der Waals surface area contributed by atoms with Crippen LogP contribution in [0.3, 0.4) is 0 Å². The van der Waals surface area contributed by atoms with Crippen LogP contribution in [0, 0.1) is 6.92 Å². The lowest BCUT2D eigenvalue weighted by Gasteiger charge is -2.13. The van der Waals surface area contributed by atoms with Crippen LogP contribution in [0.2, 0.25) is 0 Å². The van der Waals surface area contributed by atoms with Crippen molar-refractivity contribution in [1.29, 1.82) is 0 Å². The predicted molar refractivity (Wildman–Crippen MR) is 130 cm³/mol. The number of aryl methyl sites for hydroxylation is 1. The van der Waals surface area contributed by atoms with Gasteiger partial charge in [-0.25, -0.2) is 8.42 Å². The number of benzene rings is 3. The van der Waals surface area contributed by atoms with E-state index < -0.39 is 10.0 Å². The van der Waals surface area contributed by atoms with Crippen molar-refractivity contribution in [1.82, 2.24) is 0 Å². The molecule has 0 fully saturated rings. The summed E-state index contributed by atoms with van der Waals surface area (Å²) in [7, 11) is 2.38. The first kappa shape index (κ1) is 24.0. The van der Waals surface area contributed by atoms with Crippen LogP contribution in [0.4, 0.5) is 5.69 Å². The van der Waals surface area contributed by atoms with Crippen molar-refractivity contribution < 1.29 is 27.4 Å². The van der Waals surface area contributed by atoms with Crippen molar-refractivity contribution in [3.05, 3.63) is 71.3 Å². The maximum absolute atomic E-state index is 12.8. The van der Waals surface area contributed by atoms with Gasteiger partial charge in [-0.1, -0.05) is 35.9 Å². The normalized spacial score (nSPS) is 11.3. The zero-order valence-electron chi connectivity index (χ0n) is 19.2. The van der Waals surface area contributed by atoms with E-state index >= 15 is 0 Å². The van der Waals surface area contributed by atoms with Gasteiger partial charge in [0.15, 0.2) is 11.5 Å². The smallest absolute Gasteiger partial charge is 0.262 e. The number of rotatable bonds is 9. The number of anilines is 1. The van der Waals surface area contributed by atoms with Gasteiger partial charge in [-0.15, -0.1) is 0 Å². The van der Waals surface area contributed by atoms with Gasteiger partial charge in [-0.3, -0.25) is 4.72 Å². The Kier molecular flexibility index (Phi) is 7.50. The summed E-state index contributed by atoms with van der Waals surface area (Å²) in [5.74, 6) is 2.00. The Morgan fingerprint density at radius 1 is 0.697 bits per heavy atom. The van der Waals surface area contributed by atoms with Crippen molar-refractivity contribution in [2.45, 2.75) is 11.8 Å². The molecular weight excluding hydrogens is 442 g/mol. The van der Waals surface area contributed by atoms with Crippen molar-refractivity contribution >= 4 is 27.9 Å². The molecule has 8 heteroatoms. The zero-order chi connectivity index (χ0) is 24.0. The Balaban J connectivity index is 1.93. The summed E-state index contributed by atoms with van der Waals surface area (Å²) < 4.78 is 49.8. The van der Waals surface area contributed by atoms with Crippen molar-refractivity contribution in [2.75, 3.05) is 33.2 Å². The average molecular weight is 470 g/mol. The SMILES string of the molecule is COc1ccc(/C=C\c2cc(OC)c(OC)c(OC)c2)cc1NS(=O)(=O)c1ccc(C)cc1. The average Bonchev–Trinajstić information content (AvgIpc) is 2.82. The Bertz CT molecular complexity index is 1230. The van der Waals surface area contributed by atoms with E-state index in [1.54, 1.807) is 57.7 Å². The van der Waals surface area contributed by atoms with Gasteiger partial charge in [0.25, 0.3) is 10.0 Å². The molecule has 0 aliphatic heterocycles. The third-order valence-electron chi connectivity index (χ3n) is 4.95. The molecule has 0 amide bonds. The highest BCUT2D eigenvalue weighted by atomic mass is 32.2. The molecule has 0 spiro atoms. The fourth-order valence-electron chi connectivity index (χ4n) is 3.22. The lowest BCUT2D eigenvalue weighted by atomic mass is 10.1. The highest BCUT2D eigenvalue weighted by molar-refractivity contribution is 7.92. The van der Waals surface area contributed by atoms with Crippen LogP contribution >= 0.6 is 0 Å². The number of methoxy groups -OCH3 is 4. The Morgan fingerprint density at radius 2 is 1.27 bits per heavy atom. The standard InChI is InChI=1S/C25H27NO6S/c1-17-6-11-20(12-7-17)33(27,28)26-21-14-18(10-13-22(21)29-2)8-9-19-15-23(30-3)25(32-5)24(16-19)31-4/h6-16,26H,1-5H3/b9-8-. The topological polar surface area (TPSA) is 83.1 Å². The summed E-state index contributed by atoms with van der Waals surface area (Å²) >= 11 is 0. The number of hydrogen-bond donors (Lipinski definition) is 1. The minimum absolute atomic E-state index is 0.175. The number of ether oxygens (including phenoxy) is 4. The molecule has 174 valence electrons. The first-order chi connectivity index (χ1) is 15.8. The molecule has 0 heterocycles. The van der Waals surface area contributed by atoms with Gasteiger partial charge in [0.05, 0.1) is 39.0 Å². The molecule has 3 rings (SSSR count). The van der Waals surface area contributed by atoms with Crippen LogP contribution in [0.1, 0.15) is 16.7 Å². The molecule has 33 heavy (non-hydrogen) atoms. The highest BCUT2D eigenvalue weighted by Crippen LogP contribution is 2.38. The maximum atomic E-state index is 12.8. The Morgan fingerprint density at radius 3 is 1.82 bits per heavy atom. The van der Waals surface area contributed by atoms with E-state index in [9.17, 15) is 8.42 Å². The van der Waals surface area contributed by atoms with Crippen LogP contribution in [-0.2, 0) is 10.0 Å². The zero-order valence-corrected chi connectivity index (χ0v) is 20.0. The van der Waals surface area contributed by atoms with E-state index in [1.165, 1.54) is 7.11 Å². The molecule has 1 N–H and O–H groups in total. The molecule has 0 aliphatic carbocycles. The molecule has 0 aliphatic rings. The highest BCUT2D eigenvalue weighted by Gasteiger charge is 2.17. The Labute approximate surface area is 194 Å². The van der Waals surface area contributed by atoms with Gasteiger partial charge >= 0.3 is 0 Å². The fourth-order valence-corrected chi connectivity index (χ4v) is 4.28. The lowest BCUT2D eigenvalue weighted by molar-refractivity contribution is 0.324. The van der Waals surface area contributed by atoms with Gasteiger partial charge in [0.1, 0.15) is 5.75 Å². The van der Waals surface area contributed by atoms with Crippen LogP contribution in [-0.4, -0.2) is 36.9 Å². The van der Waals surface area contributed by atoms with Gasteiger partial charge in [-0.2, -0.15) is 0 Å². The van der Waals surface area contributed by atoms with Gasteiger partial charge in [0.2, 0.25) is 5.75 Å². The summed E-state index contributed by atoms with van der Waals surface area (Å²) in [4.78, 5) is 0.175. The van der Waals surface area contributed by atoms with Crippen molar-refractivity contribution in [3.8, 4) is 23.0 Å². The second kappa shape index (κ2) is 10.3. The number of sulfonamides is 1. The molecule has 3 aromatic rings. The number of hydrogen-bond acceptors (Lipinski definition) is 6. The first-order valence-corrected chi connectivity index (χ1v) is 11.5. The van der Waals surface area contributed by atoms with E-state index in [0.29, 0.717) is 28.7 Å². The lowest BCUT2D eigenvalue weighted by Crippen LogP contribution is -2.13. The largest absolute Gasteiger partial charge is 0.495 e. The molecule has 0 aromatic heterocycles. The summed E-state index contributed by atoms with van der Waals surface area (Å²) in [5, 5.41) is 0. The van der Waals surface area contributed by atoms with Gasteiger partial charge in [-0.05, 0) is 54.4 Å². The summed E-state index contributed by atoms with van der Waals surface area (Å²) in [6.07, 6.45) is 3.72. The van der Waals surface area contributed by atoms with Gasteiger partial charge < -0.3 is 18.9 Å². The molecule has 0 radical (unpaired) electrons. The second-order valence-electron chi connectivity index (χ2n) is 7.17. The monoisotopic (exact) mass is 469 g/mol. The van der Waals surface area contributed by atoms with Crippen molar-refractivity contribution in [2.24, 2.45) is 0 Å². The molecule has 0 saturated carbocycles. The summed E-state index contributed by atoms with van der Waals surface area (Å²) in [6, 6.07) is 15.5. The quantitative estimate of drug-likeness (QED) is 0.444. The minimum Gasteiger partial charge on any atom is -0.495 e.